The highest BCUT2D eigenvalue weighted by Crippen LogP contribution is 2.38. The first kappa shape index (κ1) is 17.9. The predicted octanol–water partition coefficient (Wildman–Crippen LogP) is 3.59. The number of rotatable bonds is 2. The van der Waals surface area contributed by atoms with Crippen LogP contribution < -0.4 is 10.6 Å². The SMILES string of the molecule is O=C1NCC[C@@]12CC[C@H](c1cc(-c3ccc(C(F)(F)F)cc3)c(F)cn1)N2. The van der Waals surface area contributed by atoms with Gasteiger partial charge in [0.25, 0.3) is 0 Å². The van der Waals surface area contributed by atoms with Crippen molar-refractivity contribution in [2.75, 3.05) is 6.54 Å². The van der Waals surface area contributed by atoms with E-state index < -0.39 is 23.1 Å². The van der Waals surface area contributed by atoms with Crippen LogP contribution >= 0.6 is 0 Å². The Kier molecular flexibility index (Phi) is 4.18. The molecule has 1 amide bonds. The molecule has 1 aromatic carbocycles. The van der Waals surface area contributed by atoms with Gasteiger partial charge in [-0.2, -0.15) is 13.2 Å². The van der Waals surface area contributed by atoms with Gasteiger partial charge in [-0.1, -0.05) is 12.1 Å². The maximum Gasteiger partial charge on any atom is 0.416 e. The third-order valence-corrected chi connectivity index (χ3v) is 5.34. The fourth-order valence-electron chi connectivity index (χ4n) is 3.84. The van der Waals surface area contributed by atoms with E-state index >= 15 is 0 Å². The molecule has 27 heavy (non-hydrogen) atoms. The number of halogens is 4. The van der Waals surface area contributed by atoms with Crippen molar-refractivity contribution in [1.29, 1.82) is 0 Å². The molecular formula is C19H17F4N3O. The summed E-state index contributed by atoms with van der Waals surface area (Å²) in [5, 5.41) is 6.13. The minimum atomic E-state index is -4.44. The highest BCUT2D eigenvalue weighted by Gasteiger charge is 2.48. The lowest BCUT2D eigenvalue weighted by atomic mass is 9.96. The van der Waals surface area contributed by atoms with Gasteiger partial charge >= 0.3 is 6.18 Å². The quantitative estimate of drug-likeness (QED) is 0.785. The molecule has 4 nitrogen and oxygen atoms in total. The van der Waals surface area contributed by atoms with Crippen molar-refractivity contribution in [2.24, 2.45) is 0 Å². The summed E-state index contributed by atoms with van der Waals surface area (Å²) in [7, 11) is 0. The fourth-order valence-corrected chi connectivity index (χ4v) is 3.84. The normalized spacial score (nSPS) is 25.2. The molecule has 0 radical (unpaired) electrons. The number of benzene rings is 1. The number of pyridine rings is 1. The van der Waals surface area contributed by atoms with E-state index in [1.807, 2.05) is 0 Å². The summed E-state index contributed by atoms with van der Waals surface area (Å²) in [6.45, 7) is 0.617. The summed E-state index contributed by atoms with van der Waals surface area (Å²) >= 11 is 0. The van der Waals surface area contributed by atoms with Crippen molar-refractivity contribution in [2.45, 2.75) is 37.0 Å². The fraction of sp³-hybridized carbons (Fsp3) is 0.368. The van der Waals surface area contributed by atoms with Crippen molar-refractivity contribution in [3.8, 4) is 11.1 Å². The topological polar surface area (TPSA) is 54.0 Å². The Morgan fingerprint density at radius 1 is 1.15 bits per heavy atom. The smallest absolute Gasteiger partial charge is 0.354 e. The second kappa shape index (κ2) is 6.30. The molecule has 4 rings (SSSR count). The van der Waals surface area contributed by atoms with Gasteiger partial charge < -0.3 is 5.32 Å². The lowest BCUT2D eigenvalue weighted by Gasteiger charge is -2.22. The molecular weight excluding hydrogens is 362 g/mol. The Labute approximate surface area is 153 Å². The summed E-state index contributed by atoms with van der Waals surface area (Å²) in [6.07, 6.45) is -1.33. The number of carbonyl (C=O) groups excluding carboxylic acids is 1. The zero-order valence-corrected chi connectivity index (χ0v) is 14.2. The van der Waals surface area contributed by atoms with E-state index in [2.05, 4.69) is 15.6 Å². The Morgan fingerprint density at radius 3 is 2.52 bits per heavy atom. The number of hydrogen-bond acceptors (Lipinski definition) is 3. The minimum Gasteiger partial charge on any atom is -0.354 e. The van der Waals surface area contributed by atoms with E-state index in [1.165, 1.54) is 12.1 Å². The van der Waals surface area contributed by atoms with E-state index in [9.17, 15) is 22.4 Å². The molecule has 2 N–H and O–H groups in total. The number of alkyl halides is 3. The van der Waals surface area contributed by atoms with Crippen LogP contribution in [0.3, 0.4) is 0 Å². The van der Waals surface area contributed by atoms with Crippen LogP contribution in [0.1, 0.15) is 36.6 Å². The van der Waals surface area contributed by atoms with Crippen LogP contribution in [0.5, 0.6) is 0 Å². The molecule has 1 spiro atoms. The van der Waals surface area contributed by atoms with Crippen LogP contribution in [-0.2, 0) is 11.0 Å². The number of hydrogen-bond donors (Lipinski definition) is 2. The molecule has 0 aliphatic carbocycles. The molecule has 2 saturated heterocycles. The second-order valence-corrected chi connectivity index (χ2v) is 6.99. The molecule has 8 heteroatoms. The maximum atomic E-state index is 14.3. The Morgan fingerprint density at radius 2 is 1.89 bits per heavy atom. The lowest BCUT2D eigenvalue weighted by molar-refractivity contribution is -0.137. The first-order valence-corrected chi connectivity index (χ1v) is 8.68. The maximum absolute atomic E-state index is 14.3. The highest BCUT2D eigenvalue weighted by molar-refractivity contribution is 5.88. The largest absolute Gasteiger partial charge is 0.416 e. The molecule has 2 aliphatic rings. The van der Waals surface area contributed by atoms with Crippen LogP contribution in [0.25, 0.3) is 11.1 Å². The third kappa shape index (κ3) is 3.18. The van der Waals surface area contributed by atoms with Gasteiger partial charge in [-0.15, -0.1) is 0 Å². The van der Waals surface area contributed by atoms with E-state index in [-0.39, 0.29) is 17.5 Å². The lowest BCUT2D eigenvalue weighted by Crippen LogP contribution is -2.47. The average molecular weight is 379 g/mol. The molecule has 0 bridgehead atoms. The van der Waals surface area contributed by atoms with E-state index in [4.69, 9.17) is 0 Å². The number of aromatic nitrogens is 1. The minimum absolute atomic E-state index is 0.0323. The summed E-state index contributed by atoms with van der Waals surface area (Å²) in [5.74, 6) is -0.639. The van der Waals surface area contributed by atoms with Crippen molar-refractivity contribution < 1.29 is 22.4 Å². The van der Waals surface area contributed by atoms with Crippen molar-refractivity contribution in [1.82, 2.24) is 15.6 Å². The Balaban J connectivity index is 1.62. The van der Waals surface area contributed by atoms with E-state index in [0.29, 0.717) is 37.1 Å². The Bertz CT molecular complexity index is 882. The predicted molar refractivity (Wildman–Crippen MR) is 90.1 cm³/mol. The third-order valence-electron chi connectivity index (χ3n) is 5.34. The molecule has 2 atom stereocenters. The molecule has 2 aliphatic heterocycles. The number of nitrogens with zero attached hydrogens (tertiary/aromatic N) is 1. The Hall–Kier alpha value is -2.48. The van der Waals surface area contributed by atoms with E-state index in [0.717, 1.165) is 18.3 Å². The van der Waals surface area contributed by atoms with Crippen molar-refractivity contribution >= 4 is 5.91 Å². The van der Waals surface area contributed by atoms with Gasteiger partial charge in [0.1, 0.15) is 11.4 Å². The van der Waals surface area contributed by atoms with Gasteiger partial charge in [-0.3, -0.25) is 15.1 Å². The second-order valence-electron chi connectivity index (χ2n) is 6.99. The van der Waals surface area contributed by atoms with E-state index in [1.54, 1.807) is 6.07 Å². The summed E-state index contributed by atoms with van der Waals surface area (Å²) in [4.78, 5) is 16.2. The molecule has 3 heterocycles. The monoisotopic (exact) mass is 379 g/mol. The first-order chi connectivity index (χ1) is 12.8. The van der Waals surface area contributed by atoms with Gasteiger partial charge in [0.2, 0.25) is 5.91 Å². The van der Waals surface area contributed by atoms with Gasteiger partial charge in [-0.25, -0.2) is 4.39 Å². The van der Waals surface area contributed by atoms with Crippen LogP contribution in [-0.4, -0.2) is 23.0 Å². The molecule has 142 valence electrons. The molecule has 0 unspecified atom stereocenters. The first-order valence-electron chi connectivity index (χ1n) is 8.68. The summed E-state index contributed by atoms with van der Waals surface area (Å²) in [5.41, 5.74) is -0.284. The van der Waals surface area contributed by atoms with Gasteiger partial charge in [0.15, 0.2) is 0 Å². The summed E-state index contributed by atoms with van der Waals surface area (Å²) in [6, 6.07) is 5.70. The highest BCUT2D eigenvalue weighted by atomic mass is 19.4. The molecule has 1 aromatic heterocycles. The zero-order valence-electron chi connectivity index (χ0n) is 14.2. The molecule has 0 saturated carbocycles. The van der Waals surface area contributed by atoms with Gasteiger partial charge in [0.05, 0.1) is 23.5 Å². The van der Waals surface area contributed by atoms with Crippen molar-refractivity contribution in [3.63, 3.8) is 0 Å². The number of carbonyl (C=O) groups is 1. The van der Waals surface area contributed by atoms with Crippen LogP contribution in [0.4, 0.5) is 17.6 Å². The zero-order chi connectivity index (χ0) is 19.2. The number of nitrogens with one attached hydrogen (secondary N) is 2. The van der Waals surface area contributed by atoms with Crippen LogP contribution in [0, 0.1) is 5.82 Å². The molecule has 2 aromatic rings. The molecule has 2 fully saturated rings. The number of amides is 1. The van der Waals surface area contributed by atoms with Crippen LogP contribution in [0.15, 0.2) is 36.5 Å². The average Bonchev–Trinajstić information content (AvgIpc) is 3.22. The van der Waals surface area contributed by atoms with Gasteiger partial charge in [-0.05, 0) is 43.0 Å². The standard InChI is InChI=1S/C19H17F4N3O/c20-14-10-25-16(15-5-6-18(26-15)7-8-24-17(18)27)9-13(14)11-1-3-12(4-2-11)19(21,22)23/h1-4,9-10,15,26H,5-8H2,(H,24,27)/t15-,18+/m1/s1. The van der Waals surface area contributed by atoms with Gasteiger partial charge in [0, 0.05) is 12.1 Å². The summed E-state index contributed by atoms with van der Waals surface area (Å²) < 4.78 is 52.4. The van der Waals surface area contributed by atoms with Crippen LogP contribution in [0.2, 0.25) is 0 Å². The van der Waals surface area contributed by atoms with Crippen molar-refractivity contribution in [3.05, 3.63) is 53.6 Å².